The molecular formula is C33H31BFNO7. The van der Waals surface area contributed by atoms with Crippen LogP contribution in [0.3, 0.4) is 0 Å². The fraction of sp³-hybridized carbons (Fsp3) is 0.273. The minimum absolute atomic E-state index is 0.171. The number of anilines is 1. The zero-order valence-corrected chi connectivity index (χ0v) is 23.3. The highest BCUT2D eigenvalue weighted by Gasteiger charge is 2.57. The molecule has 220 valence electrons. The molecule has 2 heterocycles. The van der Waals surface area contributed by atoms with Gasteiger partial charge in [-0.15, -0.1) is 0 Å². The number of fused-ring (bicyclic) bond motifs is 3. The molecule has 8 nitrogen and oxygen atoms in total. The molecule has 0 saturated carbocycles. The topological polar surface area (TPSA) is 128 Å². The fourth-order valence-corrected chi connectivity index (χ4v) is 6.75. The largest absolute Gasteiger partial charge is 0.505 e. The van der Waals surface area contributed by atoms with Crippen molar-refractivity contribution in [3.8, 4) is 5.75 Å². The summed E-state index contributed by atoms with van der Waals surface area (Å²) in [5.41, 5.74) is 4.51. The maximum atomic E-state index is 14.1. The van der Waals surface area contributed by atoms with Gasteiger partial charge in [0.05, 0.1) is 36.8 Å². The Morgan fingerprint density at radius 2 is 1.79 bits per heavy atom. The molecule has 4 atom stereocenters. The Morgan fingerprint density at radius 3 is 2.51 bits per heavy atom. The Kier molecular flexibility index (Phi) is 8.02. The second kappa shape index (κ2) is 11.9. The summed E-state index contributed by atoms with van der Waals surface area (Å²) in [7, 11) is -1.74. The van der Waals surface area contributed by atoms with Crippen molar-refractivity contribution in [3.05, 3.63) is 101 Å². The van der Waals surface area contributed by atoms with Crippen LogP contribution in [0.2, 0.25) is 0 Å². The van der Waals surface area contributed by atoms with Crippen LogP contribution >= 0.6 is 0 Å². The number of benzene rings is 3. The highest BCUT2D eigenvalue weighted by atomic mass is 19.1. The maximum Gasteiger partial charge on any atom is 0.488 e. The van der Waals surface area contributed by atoms with Gasteiger partial charge in [-0.3, -0.25) is 14.5 Å². The maximum absolute atomic E-state index is 14.1. The summed E-state index contributed by atoms with van der Waals surface area (Å²) >= 11 is 0. The normalized spacial score (nSPS) is 23.5. The molecule has 43 heavy (non-hydrogen) atoms. The highest BCUT2D eigenvalue weighted by Crippen LogP contribution is 2.50. The summed E-state index contributed by atoms with van der Waals surface area (Å²) in [5, 5.41) is 39.2. The number of ether oxygens (including phenoxy) is 1. The van der Waals surface area contributed by atoms with E-state index in [1.54, 1.807) is 18.2 Å². The molecule has 2 amide bonds. The molecule has 0 aromatic heterocycles. The van der Waals surface area contributed by atoms with Crippen molar-refractivity contribution in [2.75, 3.05) is 18.1 Å². The first-order chi connectivity index (χ1) is 20.8. The number of amides is 2. The summed E-state index contributed by atoms with van der Waals surface area (Å²) in [5.74, 6) is -3.51. The van der Waals surface area contributed by atoms with E-state index in [4.69, 9.17) is 4.74 Å². The molecule has 0 spiro atoms. The van der Waals surface area contributed by atoms with Crippen molar-refractivity contribution in [3.63, 3.8) is 0 Å². The second-order valence-electron chi connectivity index (χ2n) is 11.2. The number of halogens is 1. The fourth-order valence-electron chi connectivity index (χ4n) is 6.75. The van der Waals surface area contributed by atoms with Crippen molar-refractivity contribution in [2.24, 2.45) is 17.8 Å². The number of carbonyl (C=O) groups is 2. The predicted molar refractivity (Wildman–Crippen MR) is 159 cm³/mol. The minimum atomic E-state index is -1.74. The lowest BCUT2D eigenvalue weighted by molar-refractivity contribution is -0.122. The van der Waals surface area contributed by atoms with E-state index in [2.05, 4.69) is 0 Å². The number of aliphatic hydroxyl groups excluding tert-OH is 1. The summed E-state index contributed by atoms with van der Waals surface area (Å²) in [4.78, 5) is 28.4. The smallest absolute Gasteiger partial charge is 0.488 e. The molecular weight excluding hydrogens is 552 g/mol. The van der Waals surface area contributed by atoms with E-state index in [0.29, 0.717) is 24.0 Å². The van der Waals surface area contributed by atoms with Crippen LogP contribution in [-0.4, -0.2) is 58.5 Å². The number of allylic oxidation sites excluding steroid dienone is 1. The van der Waals surface area contributed by atoms with Gasteiger partial charge in [-0.1, -0.05) is 54.6 Å². The molecule has 4 N–H and O–H groups in total. The van der Waals surface area contributed by atoms with Crippen LogP contribution < -0.4 is 10.4 Å². The van der Waals surface area contributed by atoms with Crippen molar-refractivity contribution in [2.45, 2.75) is 25.4 Å². The Labute approximate surface area is 248 Å². The van der Waals surface area contributed by atoms with Gasteiger partial charge in [-0.25, -0.2) is 4.39 Å². The molecule has 3 aliphatic rings. The number of hydrogen-bond acceptors (Lipinski definition) is 7. The molecule has 10 heteroatoms. The van der Waals surface area contributed by atoms with Crippen LogP contribution in [0.5, 0.6) is 5.75 Å². The number of carbonyl (C=O) groups excluding carboxylic acids is 2. The number of rotatable bonds is 8. The number of imide groups is 1. The van der Waals surface area contributed by atoms with Crippen molar-refractivity contribution in [1.82, 2.24) is 0 Å². The van der Waals surface area contributed by atoms with Crippen molar-refractivity contribution in [1.29, 1.82) is 0 Å². The molecule has 0 bridgehead atoms. The zero-order valence-electron chi connectivity index (χ0n) is 23.3. The van der Waals surface area contributed by atoms with Gasteiger partial charge in [-0.05, 0) is 76.8 Å². The van der Waals surface area contributed by atoms with Gasteiger partial charge in [0.2, 0.25) is 11.8 Å². The lowest BCUT2D eigenvalue weighted by Crippen LogP contribution is -2.35. The summed E-state index contributed by atoms with van der Waals surface area (Å²) < 4.78 is 20.3. The van der Waals surface area contributed by atoms with E-state index in [1.165, 1.54) is 24.3 Å². The first kappa shape index (κ1) is 29.0. The average molecular weight is 583 g/mol. The minimum Gasteiger partial charge on any atom is -0.505 e. The third kappa shape index (κ3) is 5.43. The van der Waals surface area contributed by atoms with E-state index in [0.717, 1.165) is 21.6 Å². The van der Waals surface area contributed by atoms with Crippen LogP contribution in [-0.2, 0) is 14.3 Å². The Morgan fingerprint density at radius 1 is 1.00 bits per heavy atom. The SMILES string of the molecule is O=C1[C@@H]2[C@@H](CC(CO)=C3[C@@H](CC/C(=C/c4ccc(O)c(F)c4)c4ccccc4)OC[C@@H]32)C(=O)N1c1cccc(B(O)O)c1. The lowest BCUT2D eigenvalue weighted by atomic mass is 9.69. The monoisotopic (exact) mass is 583 g/mol. The van der Waals surface area contributed by atoms with Gasteiger partial charge in [0.25, 0.3) is 0 Å². The van der Waals surface area contributed by atoms with Gasteiger partial charge >= 0.3 is 7.12 Å². The molecule has 0 radical (unpaired) electrons. The molecule has 2 aliphatic heterocycles. The van der Waals surface area contributed by atoms with Crippen LogP contribution in [0.15, 0.2) is 83.9 Å². The van der Waals surface area contributed by atoms with E-state index >= 15 is 0 Å². The van der Waals surface area contributed by atoms with Crippen LogP contribution in [0.25, 0.3) is 11.6 Å². The van der Waals surface area contributed by atoms with E-state index in [1.807, 2.05) is 36.4 Å². The Bertz CT molecular complexity index is 1620. The first-order valence-electron chi connectivity index (χ1n) is 14.3. The second-order valence-corrected chi connectivity index (χ2v) is 11.2. The molecule has 2 saturated heterocycles. The molecule has 2 fully saturated rings. The number of aliphatic hydroxyl groups is 1. The number of phenolic OH excluding ortho intramolecular Hbond substituents is 1. The van der Waals surface area contributed by atoms with Crippen molar-refractivity contribution < 1.29 is 39.0 Å². The number of hydrogen-bond donors (Lipinski definition) is 4. The third-order valence-electron chi connectivity index (χ3n) is 8.76. The summed E-state index contributed by atoms with van der Waals surface area (Å²) in [6.45, 7) is -0.0166. The van der Waals surface area contributed by atoms with Crippen LogP contribution in [0.4, 0.5) is 10.1 Å². The van der Waals surface area contributed by atoms with E-state index in [9.17, 15) is 34.2 Å². The molecule has 3 aromatic rings. The van der Waals surface area contributed by atoms with E-state index in [-0.39, 0.29) is 54.6 Å². The molecule has 3 aromatic carbocycles. The average Bonchev–Trinajstić information content (AvgIpc) is 3.55. The number of aromatic hydroxyl groups is 1. The molecule has 1 aliphatic carbocycles. The number of phenols is 1. The Balaban J connectivity index is 1.26. The van der Waals surface area contributed by atoms with Gasteiger partial charge in [-0.2, -0.15) is 0 Å². The van der Waals surface area contributed by atoms with Crippen LogP contribution in [0.1, 0.15) is 30.4 Å². The Hall–Kier alpha value is -4.09. The summed E-state index contributed by atoms with van der Waals surface area (Å²) in [6.07, 6.45) is 2.83. The van der Waals surface area contributed by atoms with Crippen molar-refractivity contribution >= 4 is 41.7 Å². The molecule has 0 unspecified atom stereocenters. The quantitative estimate of drug-likeness (QED) is 0.139. The summed E-state index contributed by atoms with van der Waals surface area (Å²) in [6, 6.07) is 20.0. The number of nitrogens with zero attached hydrogens (tertiary/aromatic N) is 1. The van der Waals surface area contributed by atoms with Gasteiger partial charge < -0.3 is 25.0 Å². The van der Waals surface area contributed by atoms with Gasteiger partial charge in [0, 0.05) is 5.92 Å². The standard InChI is InChI=1S/C33H31BFNO7/c35-27-14-19(9-11-28(27)38)13-21(20-5-2-1-3-6-20)10-12-29-30-22(17-37)15-25-31(26(30)18-43-29)33(40)36(32(25)39)24-8-4-7-23(16-24)34(41)42/h1-9,11,13-14,16,25-26,29,31,37-38,41-42H,10,12,15,17-18H2/b21-13-/t25-,26+,29-,31-/m1/s1. The first-order valence-corrected chi connectivity index (χ1v) is 14.3. The lowest BCUT2D eigenvalue weighted by Gasteiger charge is -2.31. The highest BCUT2D eigenvalue weighted by molar-refractivity contribution is 6.58. The third-order valence-corrected chi connectivity index (χ3v) is 8.76. The molecule has 6 rings (SSSR count). The van der Waals surface area contributed by atoms with E-state index < -0.39 is 30.5 Å². The predicted octanol–water partition coefficient (Wildman–Crippen LogP) is 3.05. The van der Waals surface area contributed by atoms with Gasteiger partial charge in [0.15, 0.2) is 11.6 Å². The van der Waals surface area contributed by atoms with Crippen LogP contribution in [0, 0.1) is 23.6 Å². The van der Waals surface area contributed by atoms with Gasteiger partial charge in [0.1, 0.15) is 0 Å². The zero-order chi connectivity index (χ0) is 30.2.